The van der Waals surface area contributed by atoms with E-state index in [1.165, 1.54) is 37.5 Å². The Balaban J connectivity index is 1.66. The third-order valence-corrected chi connectivity index (χ3v) is 7.33. The second kappa shape index (κ2) is 7.29. The van der Waals surface area contributed by atoms with Crippen LogP contribution in [0.3, 0.4) is 0 Å². The van der Waals surface area contributed by atoms with Crippen molar-refractivity contribution in [3.05, 3.63) is 89.5 Å². The van der Waals surface area contributed by atoms with Gasteiger partial charge in [-0.15, -0.1) is 11.3 Å². The molecular formula is C30H25NOS. The topological polar surface area (TPSA) is 26.0 Å². The van der Waals surface area contributed by atoms with Gasteiger partial charge in [0.2, 0.25) is 5.71 Å². The zero-order chi connectivity index (χ0) is 22.7. The van der Waals surface area contributed by atoms with Crippen LogP contribution in [0.5, 0.6) is 0 Å². The molecule has 3 aromatic heterocycles. The molecule has 2 nitrogen and oxygen atoms in total. The molecule has 3 heteroatoms. The summed E-state index contributed by atoms with van der Waals surface area (Å²) in [6.07, 6.45) is 0. The van der Waals surface area contributed by atoms with Crippen molar-refractivity contribution in [1.82, 2.24) is 4.98 Å². The number of furan rings is 1. The van der Waals surface area contributed by atoms with Crippen LogP contribution < -0.4 is 0 Å². The predicted molar refractivity (Wildman–Crippen MR) is 141 cm³/mol. The SMILES string of the molecule is Cc1cc2c(-c3csc4ccccc34)cc(-c3cc(C(C)(C)C)c4ccccc4c3)nc2o1. The number of nitrogens with zero attached hydrogens (tertiary/aromatic N) is 1. The fourth-order valence-corrected chi connectivity index (χ4v) is 5.73. The number of hydrogen-bond acceptors (Lipinski definition) is 3. The fourth-order valence-electron chi connectivity index (χ4n) is 4.77. The van der Waals surface area contributed by atoms with Crippen molar-refractivity contribution in [2.24, 2.45) is 0 Å². The van der Waals surface area contributed by atoms with Crippen LogP contribution in [-0.4, -0.2) is 4.98 Å². The van der Waals surface area contributed by atoms with Crippen LogP contribution in [-0.2, 0) is 5.41 Å². The standard InChI is InChI=1S/C30H25NOS/c1-18-13-24-23(25-17-33-28-12-8-7-11-22(25)28)16-27(31-29(24)32-18)20-14-19-9-5-6-10-21(19)26(15-20)30(2,3)4/h5-17H,1-4H3. The summed E-state index contributed by atoms with van der Waals surface area (Å²) < 4.78 is 7.35. The number of rotatable bonds is 2. The first-order valence-corrected chi connectivity index (χ1v) is 12.2. The molecule has 0 saturated heterocycles. The van der Waals surface area contributed by atoms with E-state index in [-0.39, 0.29) is 5.41 Å². The van der Waals surface area contributed by atoms with Crippen LogP contribution in [0.1, 0.15) is 32.1 Å². The number of aromatic nitrogens is 1. The molecule has 0 unspecified atom stereocenters. The normalized spacial score (nSPS) is 12.2. The zero-order valence-corrected chi connectivity index (χ0v) is 20.1. The highest BCUT2D eigenvalue weighted by Gasteiger charge is 2.20. The maximum atomic E-state index is 6.06. The van der Waals surface area contributed by atoms with E-state index < -0.39 is 0 Å². The van der Waals surface area contributed by atoms with Crippen LogP contribution in [0, 0.1) is 6.92 Å². The van der Waals surface area contributed by atoms with Gasteiger partial charge in [0.25, 0.3) is 0 Å². The molecule has 0 amide bonds. The van der Waals surface area contributed by atoms with Gasteiger partial charge < -0.3 is 4.42 Å². The lowest BCUT2D eigenvalue weighted by molar-refractivity contribution is 0.568. The second-order valence-corrected chi connectivity index (χ2v) is 10.7. The van der Waals surface area contributed by atoms with Gasteiger partial charge >= 0.3 is 0 Å². The van der Waals surface area contributed by atoms with Crippen LogP contribution in [0.2, 0.25) is 0 Å². The van der Waals surface area contributed by atoms with Gasteiger partial charge in [0.15, 0.2) is 0 Å². The van der Waals surface area contributed by atoms with E-state index in [1.54, 1.807) is 11.3 Å². The summed E-state index contributed by atoms with van der Waals surface area (Å²) in [5, 5.41) is 7.13. The molecule has 0 atom stereocenters. The lowest BCUT2D eigenvalue weighted by Crippen LogP contribution is -2.12. The molecule has 6 aromatic rings. The third kappa shape index (κ3) is 3.35. The van der Waals surface area contributed by atoms with E-state index in [0.717, 1.165) is 22.4 Å². The Labute approximate surface area is 197 Å². The lowest BCUT2D eigenvalue weighted by atomic mass is 9.82. The highest BCUT2D eigenvalue weighted by atomic mass is 32.1. The van der Waals surface area contributed by atoms with Crippen molar-refractivity contribution in [3.63, 3.8) is 0 Å². The number of hydrogen-bond donors (Lipinski definition) is 0. The predicted octanol–water partition coefficient (Wildman–Crippen LogP) is 9.14. The lowest BCUT2D eigenvalue weighted by Gasteiger charge is -2.22. The van der Waals surface area contributed by atoms with Gasteiger partial charge in [-0.05, 0) is 69.9 Å². The Morgan fingerprint density at radius 1 is 0.788 bits per heavy atom. The molecule has 162 valence electrons. The van der Waals surface area contributed by atoms with Gasteiger partial charge in [-0.1, -0.05) is 63.2 Å². The van der Waals surface area contributed by atoms with E-state index in [9.17, 15) is 0 Å². The maximum absolute atomic E-state index is 6.06. The van der Waals surface area contributed by atoms with Crippen molar-refractivity contribution in [2.75, 3.05) is 0 Å². The third-order valence-electron chi connectivity index (χ3n) is 6.37. The minimum absolute atomic E-state index is 0.0212. The summed E-state index contributed by atoms with van der Waals surface area (Å²) >= 11 is 1.78. The second-order valence-electron chi connectivity index (χ2n) is 9.77. The number of thiophene rings is 1. The van der Waals surface area contributed by atoms with Crippen LogP contribution in [0.25, 0.3) is 54.3 Å². The Kier molecular flexibility index (Phi) is 4.46. The molecule has 3 heterocycles. The average molecular weight is 448 g/mol. The first kappa shape index (κ1) is 20.2. The molecule has 3 aromatic carbocycles. The van der Waals surface area contributed by atoms with Gasteiger partial charge in [-0.25, -0.2) is 4.98 Å². The molecule has 0 fully saturated rings. The molecule has 0 aliphatic heterocycles. The van der Waals surface area contributed by atoms with Gasteiger partial charge in [0, 0.05) is 26.6 Å². The van der Waals surface area contributed by atoms with E-state index in [1.807, 2.05) is 6.92 Å². The summed E-state index contributed by atoms with van der Waals surface area (Å²) in [4.78, 5) is 4.98. The number of fused-ring (bicyclic) bond motifs is 3. The van der Waals surface area contributed by atoms with Crippen LogP contribution in [0.15, 0.2) is 82.6 Å². The molecular weight excluding hydrogens is 422 g/mol. The summed E-state index contributed by atoms with van der Waals surface area (Å²) in [7, 11) is 0. The van der Waals surface area contributed by atoms with Crippen molar-refractivity contribution < 1.29 is 4.42 Å². The first-order chi connectivity index (χ1) is 15.9. The van der Waals surface area contributed by atoms with Crippen molar-refractivity contribution in [2.45, 2.75) is 33.1 Å². The van der Waals surface area contributed by atoms with Crippen LogP contribution >= 0.6 is 11.3 Å². The number of benzene rings is 3. The summed E-state index contributed by atoms with van der Waals surface area (Å²) in [5.74, 6) is 0.879. The van der Waals surface area contributed by atoms with Crippen LogP contribution in [0.4, 0.5) is 0 Å². The summed E-state index contributed by atoms with van der Waals surface area (Å²) in [6.45, 7) is 8.81. The molecule has 0 radical (unpaired) electrons. The molecule has 0 spiro atoms. The monoisotopic (exact) mass is 447 g/mol. The summed E-state index contributed by atoms with van der Waals surface area (Å²) in [6, 6.07) is 26.1. The van der Waals surface area contributed by atoms with Crippen molar-refractivity contribution in [1.29, 1.82) is 0 Å². The van der Waals surface area contributed by atoms with Gasteiger partial charge in [-0.2, -0.15) is 0 Å². The molecule has 0 aliphatic rings. The van der Waals surface area contributed by atoms with Gasteiger partial charge in [-0.3, -0.25) is 0 Å². The smallest absolute Gasteiger partial charge is 0.227 e. The van der Waals surface area contributed by atoms with Crippen molar-refractivity contribution in [3.8, 4) is 22.4 Å². The molecule has 0 aliphatic carbocycles. The molecule has 0 bridgehead atoms. The first-order valence-electron chi connectivity index (χ1n) is 11.3. The molecule has 33 heavy (non-hydrogen) atoms. The minimum atomic E-state index is 0.0212. The Morgan fingerprint density at radius 2 is 1.55 bits per heavy atom. The van der Waals surface area contributed by atoms with E-state index in [2.05, 4.69) is 98.9 Å². The van der Waals surface area contributed by atoms with Gasteiger partial charge in [0.05, 0.1) is 5.69 Å². The Bertz CT molecular complexity index is 1660. The highest BCUT2D eigenvalue weighted by Crippen LogP contribution is 2.41. The van der Waals surface area contributed by atoms with E-state index >= 15 is 0 Å². The molecule has 6 rings (SSSR count). The fraction of sp³-hybridized carbons (Fsp3) is 0.167. The molecule has 0 N–H and O–H groups in total. The maximum Gasteiger partial charge on any atom is 0.227 e. The zero-order valence-electron chi connectivity index (χ0n) is 19.3. The summed E-state index contributed by atoms with van der Waals surface area (Å²) in [5.41, 5.74) is 6.52. The Morgan fingerprint density at radius 3 is 2.36 bits per heavy atom. The number of aryl methyl sites for hydroxylation is 1. The Hall–Kier alpha value is -3.43. The average Bonchev–Trinajstić information content (AvgIpc) is 3.39. The highest BCUT2D eigenvalue weighted by molar-refractivity contribution is 7.17. The quantitative estimate of drug-likeness (QED) is 0.264. The largest absolute Gasteiger partial charge is 0.443 e. The number of pyridine rings is 1. The minimum Gasteiger partial charge on any atom is -0.443 e. The van der Waals surface area contributed by atoms with Gasteiger partial charge in [0.1, 0.15) is 5.76 Å². The van der Waals surface area contributed by atoms with E-state index in [0.29, 0.717) is 5.71 Å². The van der Waals surface area contributed by atoms with E-state index in [4.69, 9.17) is 9.40 Å². The molecule has 0 saturated carbocycles. The van der Waals surface area contributed by atoms with Crippen molar-refractivity contribution >= 4 is 43.3 Å².